The van der Waals surface area contributed by atoms with Crippen LogP contribution in [0.5, 0.6) is 0 Å². The molecule has 38 heavy (non-hydrogen) atoms. The molecule has 3 aromatic rings. The molecule has 3 rings (SSSR count). The highest BCUT2D eigenvalue weighted by molar-refractivity contribution is 5.65. The van der Waals surface area contributed by atoms with E-state index in [1.165, 1.54) is 77.0 Å². The first-order valence-corrected chi connectivity index (χ1v) is 15.0. The summed E-state index contributed by atoms with van der Waals surface area (Å²) in [7, 11) is 0. The van der Waals surface area contributed by atoms with E-state index < -0.39 is 0 Å². The molecule has 0 radical (unpaired) electrons. The average molecular weight is 525 g/mol. The summed E-state index contributed by atoms with van der Waals surface area (Å²) in [6.45, 7) is 5.95. The number of hydrogen-bond donors (Lipinski definition) is 2. The summed E-state index contributed by atoms with van der Waals surface area (Å²) in [5.74, 6) is 0. The third-order valence-electron chi connectivity index (χ3n) is 7.26. The van der Waals surface area contributed by atoms with Gasteiger partial charge in [-0.1, -0.05) is 97.0 Å². The van der Waals surface area contributed by atoms with Crippen LogP contribution in [0.4, 0.5) is 0 Å². The molecule has 2 aromatic heterocycles. The number of unbranched alkanes of at least 4 members (excludes halogenated alkanes) is 14. The van der Waals surface area contributed by atoms with Crippen LogP contribution in [0.2, 0.25) is 0 Å². The van der Waals surface area contributed by atoms with Gasteiger partial charge in [0.05, 0.1) is 11.1 Å². The topological polar surface area (TPSA) is 110 Å². The van der Waals surface area contributed by atoms with Gasteiger partial charge < -0.3 is 9.05 Å². The van der Waals surface area contributed by atoms with Crippen molar-refractivity contribution in [2.75, 3.05) is 0 Å². The van der Waals surface area contributed by atoms with Crippen LogP contribution >= 0.6 is 0 Å². The highest BCUT2D eigenvalue weighted by atomic mass is 16.5. The van der Waals surface area contributed by atoms with Crippen LogP contribution in [0.1, 0.15) is 117 Å². The van der Waals surface area contributed by atoms with Crippen molar-refractivity contribution in [3.8, 4) is 22.5 Å². The number of aromatic nitrogens is 4. The van der Waals surface area contributed by atoms with Crippen LogP contribution in [0.3, 0.4) is 0 Å². The second kappa shape index (κ2) is 16.8. The molecule has 0 spiro atoms. The number of benzene rings is 1. The van der Waals surface area contributed by atoms with Crippen molar-refractivity contribution in [1.29, 1.82) is 10.8 Å². The quantitative estimate of drug-likeness (QED) is 0.141. The molecule has 0 amide bonds. The van der Waals surface area contributed by atoms with Gasteiger partial charge in [-0.05, 0) is 31.0 Å². The van der Waals surface area contributed by atoms with Crippen molar-refractivity contribution >= 4 is 0 Å². The number of nitrogens with one attached hydrogen (secondary N) is 2. The SMILES string of the molecule is CCCCCCCCCC[n+]1[n-]oc(=N)c1-c1cccc(-c2c(=N)o[n-][n+]2CCCCCCCCCC)c1. The minimum absolute atomic E-state index is 0.0601. The molecule has 0 aliphatic rings. The molecule has 0 unspecified atom stereocenters. The summed E-state index contributed by atoms with van der Waals surface area (Å²) in [4.78, 5) is 0. The minimum atomic E-state index is 0.0601. The molecule has 1 aromatic carbocycles. The summed E-state index contributed by atoms with van der Waals surface area (Å²) in [6.07, 6.45) is 19.9. The fraction of sp³-hybridized carbons (Fsp3) is 0.667. The molecule has 210 valence electrons. The lowest BCUT2D eigenvalue weighted by Crippen LogP contribution is -2.41. The highest BCUT2D eigenvalue weighted by Gasteiger charge is 2.20. The average Bonchev–Trinajstić information content (AvgIpc) is 3.48. The van der Waals surface area contributed by atoms with E-state index in [9.17, 15) is 0 Å². The zero-order valence-electron chi connectivity index (χ0n) is 23.6. The van der Waals surface area contributed by atoms with E-state index in [0.29, 0.717) is 11.4 Å². The standard InChI is InChI=1S/C30H48N6O2/c1-3-5-7-9-11-13-15-17-22-35-27(29(31)37-33-35)25-20-19-21-26(24-25)28-30(32)38-34-36(28)23-18-16-14-12-10-8-6-4-2/h19-21,24,31-32H,3-18,22-23H2,1-2H3. The Kier molecular flexibility index (Phi) is 13.1. The summed E-state index contributed by atoms with van der Waals surface area (Å²) in [5.41, 5.74) is 3.18. The summed E-state index contributed by atoms with van der Waals surface area (Å²) in [6, 6.07) is 7.88. The van der Waals surface area contributed by atoms with Crippen molar-refractivity contribution in [3.05, 3.63) is 35.4 Å². The molecule has 0 saturated heterocycles. The van der Waals surface area contributed by atoms with Crippen LogP contribution < -0.4 is 31.0 Å². The van der Waals surface area contributed by atoms with Gasteiger partial charge in [0.2, 0.25) is 0 Å². The van der Waals surface area contributed by atoms with E-state index in [0.717, 1.165) is 49.9 Å². The number of hydrogen-bond acceptors (Lipinski definition) is 4. The predicted octanol–water partition coefficient (Wildman–Crippen LogP) is 5.94. The smallest absolute Gasteiger partial charge is 0.273 e. The lowest BCUT2D eigenvalue weighted by Gasteiger charge is -2.06. The van der Waals surface area contributed by atoms with Gasteiger partial charge in [0, 0.05) is 12.8 Å². The molecular formula is C30H48N6O2. The van der Waals surface area contributed by atoms with Crippen LogP contribution in [0, 0.1) is 10.8 Å². The summed E-state index contributed by atoms with van der Waals surface area (Å²) < 4.78 is 14.1. The Morgan fingerprint density at radius 2 is 0.947 bits per heavy atom. The first kappa shape index (κ1) is 29.7. The van der Waals surface area contributed by atoms with Gasteiger partial charge in [-0.3, -0.25) is 21.4 Å². The zero-order valence-corrected chi connectivity index (χ0v) is 23.6. The van der Waals surface area contributed by atoms with Crippen molar-refractivity contribution in [2.45, 2.75) is 130 Å². The first-order valence-electron chi connectivity index (χ1n) is 15.0. The third-order valence-corrected chi connectivity index (χ3v) is 7.26. The Morgan fingerprint density at radius 3 is 1.34 bits per heavy atom. The number of aryl methyl sites for hydroxylation is 2. The number of rotatable bonds is 20. The fourth-order valence-corrected chi connectivity index (χ4v) is 5.05. The Bertz CT molecular complexity index is 1080. The van der Waals surface area contributed by atoms with E-state index in [1.54, 1.807) is 0 Å². The molecule has 2 heterocycles. The van der Waals surface area contributed by atoms with Crippen LogP contribution in [0.25, 0.3) is 22.5 Å². The maximum atomic E-state index is 8.33. The molecule has 0 aliphatic carbocycles. The Hall–Kier alpha value is -2.90. The van der Waals surface area contributed by atoms with Gasteiger partial charge in [-0.2, -0.15) is 0 Å². The van der Waals surface area contributed by atoms with E-state index in [2.05, 4.69) is 24.4 Å². The molecule has 2 N–H and O–H groups in total. The Labute approximate surface area is 227 Å². The normalized spacial score (nSPS) is 11.4. The number of nitrogens with zero attached hydrogens (tertiary/aromatic N) is 4. The van der Waals surface area contributed by atoms with Crippen LogP contribution in [-0.4, -0.2) is 0 Å². The van der Waals surface area contributed by atoms with Gasteiger partial charge in [-0.15, -0.1) is 0 Å². The summed E-state index contributed by atoms with van der Waals surface area (Å²) >= 11 is 0. The Balaban J connectivity index is 1.60. The zero-order chi connectivity index (χ0) is 27.0. The minimum Gasteiger partial charge on any atom is -0.486 e. The highest BCUT2D eigenvalue weighted by Crippen LogP contribution is 2.20. The van der Waals surface area contributed by atoms with Crippen LogP contribution in [0.15, 0.2) is 33.3 Å². The molecule has 0 fully saturated rings. The van der Waals surface area contributed by atoms with Gasteiger partial charge in [-0.25, -0.2) is 9.36 Å². The first-order chi connectivity index (χ1) is 18.7. The van der Waals surface area contributed by atoms with Crippen molar-refractivity contribution < 1.29 is 18.4 Å². The molecular weight excluding hydrogens is 476 g/mol. The second-order valence-corrected chi connectivity index (χ2v) is 10.5. The van der Waals surface area contributed by atoms with Gasteiger partial charge in [0.15, 0.2) is 0 Å². The fourth-order valence-electron chi connectivity index (χ4n) is 5.05. The largest absolute Gasteiger partial charge is 0.486 e. The summed E-state index contributed by atoms with van der Waals surface area (Å²) in [5, 5.41) is 24.9. The maximum absolute atomic E-state index is 8.33. The van der Waals surface area contributed by atoms with Gasteiger partial charge in [0.25, 0.3) is 22.5 Å². The van der Waals surface area contributed by atoms with Crippen LogP contribution in [-0.2, 0) is 13.1 Å². The van der Waals surface area contributed by atoms with Gasteiger partial charge in [0.1, 0.15) is 13.1 Å². The van der Waals surface area contributed by atoms with Crippen molar-refractivity contribution in [3.63, 3.8) is 0 Å². The van der Waals surface area contributed by atoms with E-state index in [4.69, 9.17) is 19.9 Å². The van der Waals surface area contributed by atoms with Gasteiger partial charge >= 0.3 is 0 Å². The maximum Gasteiger partial charge on any atom is 0.273 e. The van der Waals surface area contributed by atoms with E-state index >= 15 is 0 Å². The molecule has 0 aliphatic heterocycles. The molecule has 0 bridgehead atoms. The Morgan fingerprint density at radius 1 is 0.579 bits per heavy atom. The lowest BCUT2D eigenvalue weighted by atomic mass is 10.1. The third kappa shape index (κ3) is 9.14. The molecule has 8 heteroatoms. The molecule has 8 nitrogen and oxygen atoms in total. The van der Waals surface area contributed by atoms with E-state index in [-0.39, 0.29) is 11.1 Å². The molecule has 0 atom stereocenters. The monoisotopic (exact) mass is 524 g/mol. The van der Waals surface area contributed by atoms with Crippen molar-refractivity contribution in [2.24, 2.45) is 0 Å². The van der Waals surface area contributed by atoms with E-state index in [1.807, 2.05) is 33.6 Å². The molecule has 0 saturated carbocycles. The lowest BCUT2D eigenvalue weighted by molar-refractivity contribution is -0.758. The second-order valence-electron chi connectivity index (χ2n) is 10.5. The van der Waals surface area contributed by atoms with Crippen molar-refractivity contribution in [1.82, 2.24) is 10.5 Å². The predicted molar refractivity (Wildman–Crippen MR) is 146 cm³/mol.